The lowest BCUT2D eigenvalue weighted by Crippen LogP contribution is -1.94. The predicted octanol–water partition coefficient (Wildman–Crippen LogP) is 3.36. The fourth-order valence-corrected chi connectivity index (χ4v) is 2.25. The lowest BCUT2D eigenvalue weighted by molar-refractivity contribution is 0.322. The molecule has 2 aromatic carbocycles. The van der Waals surface area contributed by atoms with Gasteiger partial charge in [0.2, 0.25) is 0 Å². The Bertz CT molecular complexity index is 795. The third-order valence-corrected chi connectivity index (χ3v) is 3.30. The van der Waals surface area contributed by atoms with Gasteiger partial charge in [-0.2, -0.15) is 5.10 Å². The number of benzene rings is 2. The van der Waals surface area contributed by atoms with Crippen LogP contribution in [-0.4, -0.2) is 28.3 Å². The van der Waals surface area contributed by atoms with Crippen LogP contribution < -0.4 is 4.74 Å². The molecular weight excluding hydrogens is 278 g/mol. The number of aromatic nitrogens is 2. The maximum atomic E-state index is 8.88. The number of para-hydroxylation sites is 1. The number of hydrogen-bond donors (Lipinski definition) is 1. The number of oxime groups is 1. The summed E-state index contributed by atoms with van der Waals surface area (Å²) in [5, 5.41) is 16.6. The first-order valence-corrected chi connectivity index (χ1v) is 6.79. The molecule has 0 saturated carbocycles. The molecule has 0 atom stereocenters. The van der Waals surface area contributed by atoms with Crippen molar-refractivity contribution < 1.29 is 9.94 Å². The normalized spacial score (nSPS) is 11.0. The van der Waals surface area contributed by atoms with E-state index in [1.54, 1.807) is 11.8 Å². The molecule has 5 nitrogen and oxygen atoms in total. The van der Waals surface area contributed by atoms with Crippen LogP contribution in [0.2, 0.25) is 0 Å². The van der Waals surface area contributed by atoms with Crippen LogP contribution in [0.5, 0.6) is 5.75 Å². The second-order valence-electron chi connectivity index (χ2n) is 4.69. The van der Waals surface area contributed by atoms with Crippen LogP contribution in [0.15, 0.2) is 65.9 Å². The minimum Gasteiger partial charge on any atom is -0.497 e. The molecule has 110 valence electrons. The van der Waals surface area contributed by atoms with E-state index in [-0.39, 0.29) is 0 Å². The van der Waals surface area contributed by atoms with E-state index in [2.05, 4.69) is 10.3 Å². The minimum atomic E-state index is 0.722. The van der Waals surface area contributed by atoms with Gasteiger partial charge < -0.3 is 9.94 Å². The molecule has 0 amide bonds. The Labute approximate surface area is 128 Å². The van der Waals surface area contributed by atoms with Crippen LogP contribution in [0.25, 0.3) is 16.9 Å². The highest BCUT2D eigenvalue weighted by atomic mass is 16.5. The van der Waals surface area contributed by atoms with Gasteiger partial charge in [-0.05, 0) is 24.3 Å². The molecule has 5 heteroatoms. The molecule has 0 saturated heterocycles. The zero-order chi connectivity index (χ0) is 15.4. The maximum absolute atomic E-state index is 8.88. The quantitative estimate of drug-likeness (QED) is 0.456. The van der Waals surface area contributed by atoms with Crippen molar-refractivity contribution in [1.82, 2.24) is 9.78 Å². The van der Waals surface area contributed by atoms with Gasteiger partial charge in [0.05, 0.1) is 19.0 Å². The number of methoxy groups -OCH3 is 1. The lowest BCUT2D eigenvalue weighted by atomic mass is 10.1. The van der Waals surface area contributed by atoms with Crippen molar-refractivity contribution >= 4 is 6.21 Å². The van der Waals surface area contributed by atoms with Crippen LogP contribution >= 0.6 is 0 Å². The fraction of sp³-hybridized carbons (Fsp3) is 0.0588. The van der Waals surface area contributed by atoms with E-state index in [1.807, 2.05) is 60.8 Å². The number of ether oxygens (including phenoxy) is 1. The first kappa shape index (κ1) is 13.9. The Kier molecular flexibility index (Phi) is 3.87. The summed E-state index contributed by atoms with van der Waals surface area (Å²) in [6, 6.07) is 17.4. The van der Waals surface area contributed by atoms with Crippen molar-refractivity contribution in [2.75, 3.05) is 7.11 Å². The number of hydrogen-bond acceptors (Lipinski definition) is 4. The summed E-state index contributed by atoms with van der Waals surface area (Å²) in [4.78, 5) is 0. The zero-order valence-electron chi connectivity index (χ0n) is 12.0. The summed E-state index contributed by atoms with van der Waals surface area (Å²) >= 11 is 0. The van der Waals surface area contributed by atoms with Gasteiger partial charge in [-0.15, -0.1) is 0 Å². The van der Waals surface area contributed by atoms with Gasteiger partial charge in [-0.25, -0.2) is 4.68 Å². The van der Waals surface area contributed by atoms with E-state index >= 15 is 0 Å². The first-order chi connectivity index (χ1) is 10.8. The Morgan fingerprint density at radius 3 is 2.68 bits per heavy atom. The molecular formula is C17H15N3O2. The summed E-state index contributed by atoms with van der Waals surface area (Å²) in [6.07, 6.45) is 3.20. The highest BCUT2D eigenvalue weighted by Crippen LogP contribution is 2.26. The summed E-state index contributed by atoms with van der Waals surface area (Å²) < 4.78 is 7.01. The standard InChI is InChI=1S/C17H15N3O2/c1-22-16-9-5-6-13(10-16)17-14(11-18-21)12-20(19-17)15-7-3-2-4-8-15/h2-12,21H,1H3/b18-11-. The molecule has 1 N–H and O–H groups in total. The van der Waals surface area contributed by atoms with E-state index < -0.39 is 0 Å². The number of rotatable bonds is 4. The van der Waals surface area contributed by atoms with Crippen molar-refractivity contribution in [2.24, 2.45) is 5.16 Å². The van der Waals surface area contributed by atoms with Gasteiger partial charge in [0, 0.05) is 17.3 Å². The Hall–Kier alpha value is -3.08. The molecule has 3 rings (SSSR count). The molecule has 0 aliphatic carbocycles. The molecule has 22 heavy (non-hydrogen) atoms. The van der Waals surface area contributed by atoms with Crippen LogP contribution in [0.3, 0.4) is 0 Å². The second kappa shape index (κ2) is 6.13. The van der Waals surface area contributed by atoms with E-state index in [0.29, 0.717) is 0 Å². The van der Waals surface area contributed by atoms with Crippen molar-refractivity contribution in [1.29, 1.82) is 0 Å². The predicted molar refractivity (Wildman–Crippen MR) is 84.9 cm³/mol. The monoisotopic (exact) mass is 293 g/mol. The van der Waals surface area contributed by atoms with Gasteiger partial charge in [0.25, 0.3) is 0 Å². The molecule has 0 radical (unpaired) electrons. The lowest BCUT2D eigenvalue weighted by Gasteiger charge is -2.03. The van der Waals surface area contributed by atoms with Gasteiger partial charge in [0.1, 0.15) is 11.4 Å². The summed E-state index contributed by atoms with van der Waals surface area (Å²) in [5.41, 5.74) is 3.27. The van der Waals surface area contributed by atoms with Crippen LogP contribution in [0.4, 0.5) is 0 Å². The third-order valence-electron chi connectivity index (χ3n) is 3.30. The van der Waals surface area contributed by atoms with E-state index in [4.69, 9.17) is 9.94 Å². The minimum absolute atomic E-state index is 0.722. The van der Waals surface area contributed by atoms with Gasteiger partial charge in [-0.1, -0.05) is 35.5 Å². The third kappa shape index (κ3) is 2.69. The molecule has 1 heterocycles. The Balaban J connectivity index is 2.11. The van der Waals surface area contributed by atoms with Crippen molar-refractivity contribution in [3.05, 3.63) is 66.4 Å². The zero-order valence-corrected chi connectivity index (χ0v) is 12.0. The topological polar surface area (TPSA) is 59.6 Å². The van der Waals surface area contributed by atoms with Crippen LogP contribution in [-0.2, 0) is 0 Å². The molecule has 0 aliphatic rings. The molecule has 0 aliphatic heterocycles. The van der Waals surface area contributed by atoms with Gasteiger partial charge >= 0.3 is 0 Å². The van der Waals surface area contributed by atoms with Crippen LogP contribution in [0, 0.1) is 0 Å². The van der Waals surface area contributed by atoms with E-state index in [9.17, 15) is 0 Å². The maximum Gasteiger partial charge on any atom is 0.119 e. The van der Waals surface area contributed by atoms with Gasteiger partial charge in [-0.3, -0.25) is 0 Å². The number of nitrogens with zero attached hydrogens (tertiary/aromatic N) is 3. The average molecular weight is 293 g/mol. The molecule has 0 bridgehead atoms. The average Bonchev–Trinajstić information content (AvgIpc) is 3.00. The SMILES string of the molecule is COc1cccc(-c2nn(-c3ccccc3)cc2/C=N\O)c1. The Morgan fingerprint density at radius 2 is 1.95 bits per heavy atom. The first-order valence-electron chi connectivity index (χ1n) is 6.79. The summed E-state index contributed by atoms with van der Waals surface area (Å²) in [6.45, 7) is 0. The smallest absolute Gasteiger partial charge is 0.119 e. The highest BCUT2D eigenvalue weighted by Gasteiger charge is 2.11. The van der Waals surface area contributed by atoms with Crippen molar-refractivity contribution in [2.45, 2.75) is 0 Å². The van der Waals surface area contributed by atoms with Gasteiger partial charge in [0.15, 0.2) is 0 Å². The molecule has 0 fully saturated rings. The van der Waals surface area contributed by atoms with E-state index in [1.165, 1.54) is 6.21 Å². The highest BCUT2D eigenvalue weighted by molar-refractivity contribution is 5.88. The summed E-state index contributed by atoms with van der Waals surface area (Å²) in [7, 11) is 1.62. The van der Waals surface area contributed by atoms with Crippen LogP contribution in [0.1, 0.15) is 5.56 Å². The molecule has 0 unspecified atom stereocenters. The van der Waals surface area contributed by atoms with Crippen molar-refractivity contribution in [3.8, 4) is 22.7 Å². The van der Waals surface area contributed by atoms with E-state index in [0.717, 1.165) is 28.3 Å². The van der Waals surface area contributed by atoms with Crippen molar-refractivity contribution in [3.63, 3.8) is 0 Å². The summed E-state index contributed by atoms with van der Waals surface area (Å²) in [5.74, 6) is 0.749. The molecule has 0 spiro atoms. The Morgan fingerprint density at radius 1 is 1.14 bits per heavy atom. The largest absolute Gasteiger partial charge is 0.497 e. The fourth-order valence-electron chi connectivity index (χ4n) is 2.25. The molecule has 1 aromatic heterocycles. The molecule has 3 aromatic rings. The second-order valence-corrected chi connectivity index (χ2v) is 4.69.